The van der Waals surface area contributed by atoms with Crippen LogP contribution in [0.15, 0.2) is 42.5 Å². The van der Waals surface area contributed by atoms with Crippen molar-refractivity contribution in [3.63, 3.8) is 0 Å². The lowest BCUT2D eigenvalue weighted by Crippen LogP contribution is -3.00. The van der Waals surface area contributed by atoms with Crippen molar-refractivity contribution in [3.05, 3.63) is 53.8 Å². The van der Waals surface area contributed by atoms with Gasteiger partial charge in [-0.15, -0.1) is 0 Å². The van der Waals surface area contributed by atoms with Crippen LogP contribution < -0.4 is 31.4 Å². The van der Waals surface area contributed by atoms with Crippen molar-refractivity contribution < 1.29 is 40.5 Å². The first-order chi connectivity index (χ1) is 13.1. The minimum atomic E-state index is -1.46. The maximum atomic E-state index is 14.8. The van der Waals surface area contributed by atoms with E-state index in [4.69, 9.17) is 9.47 Å². The number of halogens is 2. The molecule has 150 valence electrons. The molecule has 1 N–H and O–H groups in total. The van der Waals surface area contributed by atoms with Crippen LogP contribution in [0.1, 0.15) is 12.0 Å². The number of para-hydroxylation sites is 2. The Balaban J connectivity index is 0.00000225. The Morgan fingerprint density at radius 2 is 1.96 bits per heavy atom. The second kappa shape index (κ2) is 8.31. The Kier molecular flexibility index (Phi) is 6.21. The molecule has 0 aromatic heterocycles. The molecule has 4 rings (SSSR count). The molecule has 0 bridgehead atoms. The monoisotopic (exact) mass is 468 g/mol. The Hall–Kier alpha value is -1.77. The van der Waals surface area contributed by atoms with E-state index in [1.54, 1.807) is 31.0 Å². The van der Waals surface area contributed by atoms with Gasteiger partial charge >= 0.3 is 5.17 Å². The van der Waals surface area contributed by atoms with E-state index in [1.165, 1.54) is 13.2 Å². The Bertz CT molecular complexity index is 911. The highest BCUT2D eigenvalue weighted by molar-refractivity contribution is 8.13. The second-order valence-corrected chi connectivity index (χ2v) is 7.62. The van der Waals surface area contributed by atoms with Gasteiger partial charge in [0.05, 0.1) is 26.3 Å². The summed E-state index contributed by atoms with van der Waals surface area (Å²) < 4.78 is 27.4. The minimum Gasteiger partial charge on any atom is -1.00 e. The summed E-state index contributed by atoms with van der Waals surface area (Å²) in [7, 11) is 3.12. The van der Waals surface area contributed by atoms with Crippen molar-refractivity contribution in [1.82, 2.24) is 0 Å². The van der Waals surface area contributed by atoms with Gasteiger partial charge in [-0.1, -0.05) is 12.1 Å². The number of amidine groups is 1. The van der Waals surface area contributed by atoms with Crippen molar-refractivity contribution in [2.24, 2.45) is 0 Å². The lowest BCUT2D eigenvalue weighted by Gasteiger charge is -2.24. The van der Waals surface area contributed by atoms with Crippen LogP contribution in [-0.2, 0) is 5.72 Å². The summed E-state index contributed by atoms with van der Waals surface area (Å²) in [4.78, 5) is 2.02. The molecule has 0 saturated heterocycles. The van der Waals surface area contributed by atoms with Crippen molar-refractivity contribution in [3.8, 4) is 11.5 Å². The van der Waals surface area contributed by atoms with Crippen LogP contribution in [0.5, 0.6) is 11.5 Å². The van der Waals surface area contributed by atoms with Gasteiger partial charge in [-0.3, -0.25) is 0 Å². The van der Waals surface area contributed by atoms with Gasteiger partial charge in [0.15, 0.2) is 18.0 Å². The zero-order valence-corrected chi connectivity index (χ0v) is 18.1. The second-order valence-electron chi connectivity index (χ2n) is 6.56. The van der Waals surface area contributed by atoms with Crippen molar-refractivity contribution >= 4 is 22.6 Å². The van der Waals surface area contributed by atoms with Crippen LogP contribution >= 0.6 is 11.8 Å². The number of hydrogen-bond donors (Lipinski definition) is 1. The fourth-order valence-electron chi connectivity index (χ4n) is 3.72. The van der Waals surface area contributed by atoms with Gasteiger partial charge in [0.1, 0.15) is 11.6 Å². The van der Waals surface area contributed by atoms with E-state index < -0.39 is 11.5 Å². The summed E-state index contributed by atoms with van der Waals surface area (Å²) in [5.41, 5.74) is -0.347. The Morgan fingerprint density at radius 3 is 2.68 bits per heavy atom. The van der Waals surface area contributed by atoms with Gasteiger partial charge in [0.25, 0.3) is 5.72 Å². The molecule has 0 saturated carbocycles. The zero-order valence-electron chi connectivity index (χ0n) is 15.7. The molecule has 28 heavy (non-hydrogen) atoms. The molecule has 5 nitrogen and oxygen atoms in total. The topological polar surface area (TPSA) is 44.9 Å². The average Bonchev–Trinajstić information content (AvgIpc) is 3.01. The highest BCUT2D eigenvalue weighted by Gasteiger charge is 2.54. The number of rotatable bonds is 4. The molecule has 8 heteroatoms. The maximum absolute atomic E-state index is 14.8. The summed E-state index contributed by atoms with van der Waals surface area (Å²) in [6.07, 6.45) is 0.925. The van der Waals surface area contributed by atoms with Gasteiger partial charge in [-0.05, 0) is 42.4 Å². The summed E-state index contributed by atoms with van der Waals surface area (Å²) in [6, 6.07) is 12.3. The summed E-state index contributed by atoms with van der Waals surface area (Å²) in [5, 5.41) is 12.5. The summed E-state index contributed by atoms with van der Waals surface area (Å²) in [6.45, 7) is 0.884. The molecule has 2 heterocycles. The van der Waals surface area contributed by atoms with Gasteiger partial charge in [0.2, 0.25) is 0 Å². The molecule has 0 spiro atoms. The van der Waals surface area contributed by atoms with Gasteiger partial charge < -0.3 is 31.6 Å². The Morgan fingerprint density at radius 1 is 1.18 bits per heavy atom. The molecule has 2 aromatic carbocycles. The van der Waals surface area contributed by atoms with Crippen LogP contribution in [0, 0.1) is 5.82 Å². The molecule has 1 atom stereocenters. The molecule has 0 radical (unpaired) electrons. The van der Waals surface area contributed by atoms with Crippen LogP contribution in [0.25, 0.3) is 0 Å². The third kappa shape index (κ3) is 3.38. The lowest BCUT2D eigenvalue weighted by molar-refractivity contribution is -0.657. The number of hydrogen-bond acceptors (Lipinski definition) is 5. The largest absolute Gasteiger partial charge is 1.00 e. The fraction of sp³-hybridized carbons (Fsp3) is 0.350. The van der Waals surface area contributed by atoms with E-state index in [0.29, 0.717) is 12.3 Å². The number of methoxy groups -OCH3 is 2. The predicted octanol–water partition coefficient (Wildman–Crippen LogP) is 0.0176. The maximum Gasteiger partial charge on any atom is 0.316 e. The number of benzene rings is 2. The number of aliphatic hydroxyl groups is 1. The first-order valence-electron chi connectivity index (χ1n) is 8.83. The molecule has 2 aliphatic heterocycles. The van der Waals surface area contributed by atoms with E-state index in [9.17, 15) is 9.50 Å². The summed E-state index contributed by atoms with van der Waals surface area (Å²) in [5.74, 6) is 1.62. The average molecular weight is 469 g/mol. The van der Waals surface area contributed by atoms with E-state index in [0.717, 1.165) is 28.8 Å². The van der Waals surface area contributed by atoms with Crippen molar-refractivity contribution in [1.29, 1.82) is 0 Å². The van der Waals surface area contributed by atoms with Crippen LogP contribution in [0.3, 0.4) is 0 Å². The normalized spacial score (nSPS) is 21.2. The highest BCUT2D eigenvalue weighted by Crippen LogP contribution is 2.41. The van der Waals surface area contributed by atoms with Crippen LogP contribution in [0.2, 0.25) is 0 Å². The molecule has 2 aromatic rings. The van der Waals surface area contributed by atoms with E-state index in [-0.39, 0.29) is 29.1 Å². The number of β-amino-alcohol motifs (C(OH)–C–C–N with tert-alkyl or cyclic N) is 1. The molecule has 2 aliphatic rings. The molecule has 0 aliphatic carbocycles. The van der Waals surface area contributed by atoms with Gasteiger partial charge in [-0.2, -0.15) is 0 Å². The Labute approximate surface area is 178 Å². The van der Waals surface area contributed by atoms with E-state index in [1.807, 2.05) is 33.7 Å². The first kappa shape index (κ1) is 21.0. The number of ether oxygens (including phenoxy) is 2. The van der Waals surface area contributed by atoms with Gasteiger partial charge in [-0.25, -0.2) is 13.9 Å². The number of anilines is 1. The molecule has 0 fully saturated rings. The van der Waals surface area contributed by atoms with Crippen LogP contribution in [0.4, 0.5) is 10.1 Å². The molecule has 1 unspecified atom stereocenters. The van der Waals surface area contributed by atoms with Gasteiger partial charge in [0, 0.05) is 11.8 Å². The van der Waals surface area contributed by atoms with Crippen molar-refractivity contribution in [2.75, 3.05) is 38.0 Å². The molecule has 0 amide bonds. The van der Waals surface area contributed by atoms with E-state index >= 15 is 0 Å². The third-order valence-electron chi connectivity index (χ3n) is 5.03. The smallest absolute Gasteiger partial charge is 0.316 e. The third-order valence-corrected chi connectivity index (χ3v) is 6.22. The number of nitrogens with zero attached hydrogens (tertiary/aromatic N) is 2. The first-order valence-corrected chi connectivity index (χ1v) is 9.81. The quantitative estimate of drug-likeness (QED) is 0.640. The fourth-order valence-corrected chi connectivity index (χ4v) is 4.89. The number of thioether (sulfide) groups is 1. The van der Waals surface area contributed by atoms with Crippen LogP contribution in [-0.4, -0.2) is 47.9 Å². The zero-order chi connectivity index (χ0) is 19.0. The van der Waals surface area contributed by atoms with Crippen molar-refractivity contribution in [2.45, 2.75) is 12.1 Å². The predicted molar refractivity (Wildman–Crippen MR) is 104 cm³/mol. The highest BCUT2D eigenvalue weighted by atomic mass is 79.9. The summed E-state index contributed by atoms with van der Waals surface area (Å²) >= 11 is 1.67. The standard InChI is InChI=1S/C20H22FN2O3S.BrH/c1-25-14-8-9-15(16(21)12-14)20(24)13-22(19-23(20)10-5-11-27-19)17-6-3-4-7-18(17)26-2;/h3-4,6-9,12,24H,5,10-11,13H2,1-2H3;1H/q+1;/p-1. The SMILES string of the molecule is COc1ccc(C2(O)CN(c3ccccc3OC)C3=[N+]2CCCS3)c(F)c1.[Br-]. The molecular formula is C20H22BrFN2O3S. The molecular weight excluding hydrogens is 447 g/mol. The van der Waals surface area contributed by atoms with E-state index in [2.05, 4.69) is 0 Å². The minimum absolute atomic E-state index is 0. The lowest BCUT2D eigenvalue weighted by atomic mass is 10.0.